The Kier molecular flexibility index (Phi) is 5.61. The third-order valence-corrected chi connectivity index (χ3v) is 3.44. The fraction of sp³-hybridized carbons (Fsp3) is 0.909. The minimum atomic E-state index is 0.158. The van der Waals surface area contributed by atoms with Crippen molar-refractivity contribution in [1.82, 2.24) is 4.90 Å². The van der Waals surface area contributed by atoms with Gasteiger partial charge in [0.05, 0.1) is 17.2 Å². The molecule has 0 radical (unpaired) electrons. The first-order valence-electron chi connectivity index (χ1n) is 5.70. The maximum absolute atomic E-state index is 5.61. The number of hydrogen-bond acceptors (Lipinski definition) is 4. The molecule has 1 aliphatic heterocycles. The van der Waals surface area contributed by atoms with Crippen molar-refractivity contribution in [2.45, 2.75) is 38.0 Å². The van der Waals surface area contributed by atoms with E-state index < -0.39 is 0 Å². The Balaban J connectivity index is 2.57. The lowest BCUT2D eigenvalue weighted by atomic mass is 10.1. The maximum Gasteiger partial charge on any atom is 0.0971 e. The molecule has 1 aliphatic rings. The minimum Gasteiger partial charge on any atom is -0.393 e. The van der Waals surface area contributed by atoms with E-state index >= 15 is 0 Å². The first kappa shape index (κ1) is 13.8. The van der Waals surface area contributed by atoms with E-state index in [0.29, 0.717) is 11.0 Å². The highest BCUT2D eigenvalue weighted by Gasteiger charge is 2.35. The number of methoxy groups -OCH3 is 2. The SMILES string of the molecule is CCC(CC(N)=S)N1CC(OC)C(OC)C1. The van der Waals surface area contributed by atoms with E-state index in [2.05, 4.69) is 11.8 Å². The molecule has 3 atom stereocenters. The second-order valence-corrected chi connectivity index (χ2v) is 4.76. The van der Waals surface area contributed by atoms with E-state index in [0.717, 1.165) is 25.9 Å². The lowest BCUT2D eigenvalue weighted by Gasteiger charge is -2.26. The van der Waals surface area contributed by atoms with E-state index in [-0.39, 0.29) is 12.2 Å². The molecule has 0 amide bonds. The standard InChI is InChI=1S/C11H22N2O2S/c1-4-8(5-11(12)16)13-6-9(14-2)10(7-13)15-3/h8-10H,4-7H2,1-3H3,(H2,12,16). The summed E-state index contributed by atoms with van der Waals surface area (Å²) in [5.74, 6) is 0. The third-order valence-electron chi connectivity index (χ3n) is 3.27. The summed E-state index contributed by atoms with van der Waals surface area (Å²) in [6, 6.07) is 0.412. The van der Waals surface area contributed by atoms with Crippen LogP contribution in [-0.2, 0) is 9.47 Å². The molecule has 1 saturated heterocycles. The maximum atomic E-state index is 5.61. The molecule has 2 N–H and O–H groups in total. The number of ether oxygens (including phenoxy) is 2. The minimum absolute atomic E-state index is 0.158. The molecule has 0 bridgehead atoms. The van der Waals surface area contributed by atoms with Crippen LogP contribution < -0.4 is 5.73 Å². The second kappa shape index (κ2) is 6.49. The van der Waals surface area contributed by atoms with E-state index in [1.807, 2.05) is 0 Å². The van der Waals surface area contributed by atoms with Crippen LogP contribution in [0.4, 0.5) is 0 Å². The Morgan fingerprint density at radius 3 is 2.19 bits per heavy atom. The number of rotatable bonds is 6. The first-order valence-corrected chi connectivity index (χ1v) is 6.11. The fourth-order valence-electron chi connectivity index (χ4n) is 2.29. The zero-order chi connectivity index (χ0) is 12.1. The van der Waals surface area contributed by atoms with Gasteiger partial charge < -0.3 is 15.2 Å². The van der Waals surface area contributed by atoms with Crippen LogP contribution in [0.2, 0.25) is 0 Å². The predicted molar refractivity (Wildman–Crippen MR) is 68.6 cm³/mol. The summed E-state index contributed by atoms with van der Waals surface area (Å²) in [5, 5.41) is 0. The summed E-state index contributed by atoms with van der Waals surface area (Å²) in [7, 11) is 3.46. The highest BCUT2D eigenvalue weighted by molar-refractivity contribution is 7.80. The molecule has 0 saturated carbocycles. The van der Waals surface area contributed by atoms with Gasteiger partial charge in [0.25, 0.3) is 0 Å². The van der Waals surface area contributed by atoms with Crippen LogP contribution in [0.3, 0.4) is 0 Å². The molecule has 16 heavy (non-hydrogen) atoms. The molecule has 4 nitrogen and oxygen atoms in total. The van der Waals surface area contributed by atoms with Crippen LogP contribution in [0, 0.1) is 0 Å². The number of nitrogens with two attached hydrogens (primary N) is 1. The summed E-state index contributed by atoms with van der Waals surface area (Å²) in [5.41, 5.74) is 5.61. The van der Waals surface area contributed by atoms with Crippen LogP contribution in [0.5, 0.6) is 0 Å². The first-order chi connectivity index (χ1) is 7.62. The summed E-state index contributed by atoms with van der Waals surface area (Å²) in [6.07, 6.45) is 2.14. The van der Waals surface area contributed by atoms with Crippen LogP contribution in [-0.4, -0.2) is 55.4 Å². The normalized spacial score (nSPS) is 28.2. The zero-order valence-electron chi connectivity index (χ0n) is 10.3. The number of likely N-dealkylation sites (tertiary alicyclic amines) is 1. The van der Waals surface area contributed by atoms with Gasteiger partial charge in [-0.3, -0.25) is 4.90 Å². The molecule has 1 heterocycles. The van der Waals surface area contributed by atoms with Crippen molar-refractivity contribution >= 4 is 17.2 Å². The Bertz CT molecular complexity index is 226. The van der Waals surface area contributed by atoms with Crippen LogP contribution in [0.15, 0.2) is 0 Å². The highest BCUT2D eigenvalue weighted by atomic mass is 32.1. The average Bonchev–Trinajstić information content (AvgIpc) is 2.68. The lowest BCUT2D eigenvalue weighted by Crippen LogP contribution is -2.36. The molecular formula is C11H22N2O2S. The van der Waals surface area contributed by atoms with Gasteiger partial charge in [-0.05, 0) is 6.42 Å². The van der Waals surface area contributed by atoms with E-state index in [4.69, 9.17) is 27.4 Å². The van der Waals surface area contributed by atoms with Crippen molar-refractivity contribution in [1.29, 1.82) is 0 Å². The summed E-state index contributed by atoms with van der Waals surface area (Å²) in [4.78, 5) is 2.95. The van der Waals surface area contributed by atoms with Gasteiger partial charge in [0.15, 0.2) is 0 Å². The third kappa shape index (κ3) is 3.38. The molecule has 0 aromatic carbocycles. The smallest absolute Gasteiger partial charge is 0.0971 e. The van der Waals surface area contributed by atoms with Crippen LogP contribution >= 0.6 is 12.2 Å². The summed E-state index contributed by atoms with van der Waals surface area (Å²) >= 11 is 4.98. The number of hydrogen-bond donors (Lipinski definition) is 1. The Labute approximate surface area is 103 Å². The van der Waals surface area contributed by atoms with Crippen molar-refractivity contribution in [3.63, 3.8) is 0 Å². The van der Waals surface area contributed by atoms with Crippen molar-refractivity contribution in [2.24, 2.45) is 5.73 Å². The molecule has 0 aromatic rings. The summed E-state index contributed by atoms with van der Waals surface area (Å²) < 4.78 is 10.8. The molecule has 1 fully saturated rings. The van der Waals surface area contributed by atoms with E-state index in [1.165, 1.54) is 0 Å². The van der Waals surface area contributed by atoms with Gasteiger partial charge in [-0.2, -0.15) is 0 Å². The van der Waals surface area contributed by atoms with Gasteiger partial charge in [0, 0.05) is 39.8 Å². The molecule has 0 aromatic heterocycles. The molecular weight excluding hydrogens is 224 g/mol. The monoisotopic (exact) mass is 246 g/mol. The van der Waals surface area contributed by atoms with Gasteiger partial charge in [-0.15, -0.1) is 0 Å². The molecule has 94 valence electrons. The largest absolute Gasteiger partial charge is 0.393 e. The van der Waals surface area contributed by atoms with Gasteiger partial charge in [0.2, 0.25) is 0 Å². The van der Waals surface area contributed by atoms with Gasteiger partial charge in [-0.1, -0.05) is 19.1 Å². The Morgan fingerprint density at radius 1 is 1.38 bits per heavy atom. The quantitative estimate of drug-likeness (QED) is 0.702. The highest BCUT2D eigenvalue weighted by Crippen LogP contribution is 2.21. The molecule has 1 rings (SSSR count). The lowest BCUT2D eigenvalue weighted by molar-refractivity contribution is -0.00461. The molecule has 5 heteroatoms. The van der Waals surface area contributed by atoms with E-state index in [9.17, 15) is 0 Å². The van der Waals surface area contributed by atoms with Crippen molar-refractivity contribution in [3.05, 3.63) is 0 Å². The second-order valence-electron chi connectivity index (χ2n) is 4.23. The van der Waals surface area contributed by atoms with Crippen molar-refractivity contribution < 1.29 is 9.47 Å². The zero-order valence-corrected chi connectivity index (χ0v) is 11.1. The summed E-state index contributed by atoms with van der Waals surface area (Å²) in [6.45, 7) is 3.96. The molecule has 0 aliphatic carbocycles. The molecule has 3 unspecified atom stereocenters. The number of nitrogens with zero attached hydrogens (tertiary/aromatic N) is 1. The molecule has 0 spiro atoms. The van der Waals surface area contributed by atoms with Crippen molar-refractivity contribution in [3.8, 4) is 0 Å². The van der Waals surface area contributed by atoms with E-state index in [1.54, 1.807) is 14.2 Å². The topological polar surface area (TPSA) is 47.7 Å². The van der Waals surface area contributed by atoms with Gasteiger partial charge in [-0.25, -0.2) is 0 Å². The fourth-order valence-corrected chi connectivity index (χ4v) is 2.48. The van der Waals surface area contributed by atoms with Crippen molar-refractivity contribution in [2.75, 3.05) is 27.3 Å². The number of thiocarbonyl (C=S) groups is 1. The predicted octanol–water partition coefficient (Wildman–Crippen LogP) is 0.787. The average molecular weight is 246 g/mol. The van der Waals surface area contributed by atoms with Crippen LogP contribution in [0.1, 0.15) is 19.8 Å². The van der Waals surface area contributed by atoms with Crippen LogP contribution in [0.25, 0.3) is 0 Å². The Hall–Kier alpha value is -0.230. The van der Waals surface area contributed by atoms with Gasteiger partial charge >= 0.3 is 0 Å². The van der Waals surface area contributed by atoms with Gasteiger partial charge in [0.1, 0.15) is 0 Å². The Morgan fingerprint density at radius 2 is 1.88 bits per heavy atom.